The molecule has 1 atom stereocenters. The number of nitrogens with one attached hydrogen (secondary N) is 1. The van der Waals surface area contributed by atoms with Crippen molar-refractivity contribution >= 4 is 0 Å². The molecule has 0 heterocycles. The molecule has 0 aromatic heterocycles. The fourth-order valence-electron chi connectivity index (χ4n) is 1.50. The molecule has 17 heavy (non-hydrogen) atoms. The van der Waals surface area contributed by atoms with E-state index in [1.807, 2.05) is 0 Å². The Morgan fingerprint density at radius 1 is 1.41 bits per heavy atom. The second-order valence-electron chi connectivity index (χ2n) is 3.51. The van der Waals surface area contributed by atoms with E-state index in [4.69, 9.17) is 0 Å². The zero-order valence-corrected chi connectivity index (χ0v) is 9.31. The molecule has 1 N–H and O–H groups in total. The number of benzene rings is 1. The van der Waals surface area contributed by atoms with E-state index in [1.165, 1.54) is 6.08 Å². The van der Waals surface area contributed by atoms with E-state index >= 15 is 0 Å². The molecule has 1 rings (SSSR count). The first kappa shape index (κ1) is 13.7. The Kier molecular flexibility index (Phi) is 4.28. The van der Waals surface area contributed by atoms with Gasteiger partial charge in [-0.25, -0.2) is 4.39 Å². The first-order chi connectivity index (χ1) is 7.90. The van der Waals surface area contributed by atoms with Gasteiger partial charge in [0.05, 0.1) is 11.6 Å². The minimum absolute atomic E-state index is 0.0447. The molecule has 1 nitrogen and oxygen atoms in total. The topological polar surface area (TPSA) is 12.0 Å². The van der Waals surface area contributed by atoms with Crippen LogP contribution in [0.2, 0.25) is 0 Å². The van der Waals surface area contributed by atoms with E-state index in [1.54, 1.807) is 6.92 Å². The molecule has 0 spiro atoms. The van der Waals surface area contributed by atoms with Crippen molar-refractivity contribution in [3.63, 3.8) is 0 Å². The van der Waals surface area contributed by atoms with Gasteiger partial charge in [0, 0.05) is 5.56 Å². The highest BCUT2D eigenvalue weighted by atomic mass is 19.4. The summed E-state index contributed by atoms with van der Waals surface area (Å²) in [5.41, 5.74) is -0.907. The monoisotopic (exact) mass is 247 g/mol. The lowest BCUT2D eigenvalue weighted by atomic mass is 10.0. The highest BCUT2D eigenvalue weighted by Gasteiger charge is 2.31. The van der Waals surface area contributed by atoms with Gasteiger partial charge >= 0.3 is 6.18 Å². The summed E-state index contributed by atoms with van der Waals surface area (Å²) in [6, 6.07) is 1.74. The molecule has 0 amide bonds. The smallest absolute Gasteiger partial charge is 0.307 e. The average molecular weight is 247 g/mol. The number of rotatable bonds is 4. The third kappa shape index (κ3) is 3.30. The van der Waals surface area contributed by atoms with E-state index in [2.05, 4.69) is 11.9 Å². The van der Waals surface area contributed by atoms with Crippen LogP contribution in [0, 0.1) is 5.82 Å². The molecule has 1 aromatic rings. The van der Waals surface area contributed by atoms with Gasteiger partial charge in [-0.1, -0.05) is 13.0 Å². The second-order valence-corrected chi connectivity index (χ2v) is 3.51. The van der Waals surface area contributed by atoms with Crippen molar-refractivity contribution in [3.8, 4) is 0 Å². The van der Waals surface area contributed by atoms with Gasteiger partial charge in [0.15, 0.2) is 0 Å². The lowest BCUT2D eigenvalue weighted by Crippen LogP contribution is -2.20. The fraction of sp³-hybridized carbons (Fsp3) is 0.333. The molecule has 0 fully saturated rings. The molecule has 94 valence electrons. The van der Waals surface area contributed by atoms with Crippen LogP contribution in [-0.4, -0.2) is 6.54 Å². The van der Waals surface area contributed by atoms with Gasteiger partial charge in [-0.05, 0) is 24.7 Å². The third-order valence-corrected chi connectivity index (χ3v) is 2.32. The predicted octanol–water partition coefficient (Wildman–Crippen LogP) is 3.68. The van der Waals surface area contributed by atoms with Gasteiger partial charge in [0.1, 0.15) is 5.82 Å². The van der Waals surface area contributed by atoms with Crippen LogP contribution in [-0.2, 0) is 6.18 Å². The van der Waals surface area contributed by atoms with Crippen LogP contribution >= 0.6 is 0 Å². The van der Waals surface area contributed by atoms with Crippen LogP contribution in [0.4, 0.5) is 17.6 Å². The van der Waals surface area contributed by atoms with E-state index < -0.39 is 23.6 Å². The van der Waals surface area contributed by atoms with Crippen LogP contribution in [0.25, 0.3) is 0 Å². The number of halogens is 4. The molecule has 5 heteroatoms. The van der Waals surface area contributed by atoms with Crippen LogP contribution in [0.5, 0.6) is 0 Å². The van der Waals surface area contributed by atoms with E-state index in [-0.39, 0.29) is 5.56 Å². The normalized spacial score (nSPS) is 13.5. The first-order valence-electron chi connectivity index (χ1n) is 5.12. The molecular formula is C12H13F4N. The zero-order chi connectivity index (χ0) is 13.1. The summed E-state index contributed by atoms with van der Waals surface area (Å²) in [7, 11) is 0. The Morgan fingerprint density at radius 3 is 2.53 bits per heavy atom. The first-order valence-corrected chi connectivity index (χ1v) is 5.12. The maximum Gasteiger partial charge on any atom is 0.416 e. The van der Waals surface area contributed by atoms with Crippen molar-refractivity contribution in [2.75, 3.05) is 6.54 Å². The van der Waals surface area contributed by atoms with Gasteiger partial charge in [0.2, 0.25) is 0 Å². The molecular weight excluding hydrogens is 234 g/mol. The second kappa shape index (κ2) is 5.31. The summed E-state index contributed by atoms with van der Waals surface area (Å²) in [5, 5.41) is 2.84. The van der Waals surface area contributed by atoms with Gasteiger partial charge in [0.25, 0.3) is 0 Å². The summed E-state index contributed by atoms with van der Waals surface area (Å²) in [5.74, 6) is -0.677. The van der Waals surface area contributed by atoms with E-state index in [0.29, 0.717) is 6.54 Å². The summed E-state index contributed by atoms with van der Waals surface area (Å²) >= 11 is 0. The minimum Gasteiger partial charge on any atom is -0.307 e. The molecule has 0 saturated carbocycles. The van der Waals surface area contributed by atoms with Gasteiger partial charge < -0.3 is 5.32 Å². The Bertz CT molecular complexity index is 398. The quantitative estimate of drug-likeness (QED) is 0.632. The fourth-order valence-corrected chi connectivity index (χ4v) is 1.50. The van der Waals surface area contributed by atoms with Gasteiger partial charge in [-0.3, -0.25) is 0 Å². The Hall–Kier alpha value is -1.36. The molecule has 1 aromatic carbocycles. The summed E-state index contributed by atoms with van der Waals surface area (Å²) in [4.78, 5) is 0. The van der Waals surface area contributed by atoms with E-state index in [9.17, 15) is 17.6 Å². The number of hydrogen-bond donors (Lipinski definition) is 1. The molecule has 0 bridgehead atoms. The molecule has 0 radical (unpaired) electrons. The van der Waals surface area contributed by atoms with Gasteiger partial charge in [-0.15, -0.1) is 6.58 Å². The SMILES string of the molecule is C=CC(NCC)c1cc(C(F)(F)F)ccc1F. The minimum atomic E-state index is -4.47. The van der Waals surface area contributed by atoms with Crippen molar-refractivity contribution in [2.45, 2.75) is 19.1 Å². The standard InChI is InChI=1S/C12H13F4N/c1-3-11(17-4-2)9-7-8(12(14,15)16)5-6-10(9)13/h3,5-7,11,17H,1,4H2,2H3. The lowest BCUT2D eigenvalue weighted by molar-refractivity contribution is -0.137. The zero-order valence-electron chi connectivity index (χ0n) is 9.31. The van der Waals surface area contributed by atoms with Crippen molar-refractivity contribution < 1.29 is 17.6 Å². The Morgan fingerprint density at radius 2 is 2.06 bits per heavy atom. The number of likely N-dealkylation sites (N-methyl/N-ethyl adjacent to an activating group) is 1. The van der Waals surface area contributed by atoms with Crippen LogP contribution < -0.4 is 5.32 Å². The third-order valence-electron chi connectivity index (χ3n) is 2.32. The van der Waals surface area contributed by atoms with Gasteiger partial charge in [-0.2, -0.15) is 13.2 Å². The van der Waals surface area contributed by atoms with Crippen molar-refractivity contribution in [3.05, 3.63) is 47.8 Å². The van der Waals surface area contributed by atoms with E-state index in [0.717, 1.165) is 18.2 Å². The van der Waals surface area contributed by atoms with Crippen molar-refractivity contribution in [2.24, 2.45) is 0 Å². The highest BCUT2D eigenvalue weighted by Crippen LogP contribution is 2.32. The molecule has 1 unspecified atom stereocenters. The largest absolute Gasteiger partial charge is 0.416 e. The Labute approximate surface area is 97.1 Å². The molecule has 0 aliphatic carbocycles. The van der Waals surface area contributed by atoms with Crippen LogP contribution in [0.3, 0.4) is 0 Å². The summed E-state index contributed by atoms with van der Waals surface area (Å²) < 4.78 is 50.9. The lowest BCUT2D eigenvalue weighted by Gasteiger charge is -2.16. The maximum atomic E-state index is 13.5. The van der Waals surface area contributed by atoms with Crippen LogP contribution in [0.15, 0.2) is 30.9 Å². The number of alkyl halides is 3. The predicted molar refractivity (Wildman–Crippen MR) is 58.0 cm³/mol. The molecule has 0 aliphatic rings. The molecule has 0 aliphatic heterocycles. The number of hydrogen-bond acceptors (Lipinski definition) is 1. The van der Waals surface area contributed by atoms with Crippen LogP contribution in [0.1, 0.15) is 24.1 Å². The maximum absolute atomic E-state index is 13.5. The summed E-state index contributed by atoms with van der Waals surface area (Å²) in [6.07, 6.45) is -3.09. The van der Waals surface area contributed by atoms with Crippen molar-refractivity contribution in [1.29, 1.82) is 0 Å². The molecule has 0 saturated heterocycles. The average Bonchev–Trinajstić information content (AvgIpc) is 2.25. The summed E-state index contributed by atoms with van der Waals surface area (Å²) in [6.45, 7) is 5.76. The highest BCUT2D eigenvalue weighted by molar-refractivity contribution is 5.31. The van der Waals surface area contributed by atoms with Crippen molar-refractivity contribution in [1.82, 2.24) is 5.32 Å². The Balaban J connectivity index is 3.17.